The van der Waals surface area contributed by atoms with Crippen LogP contribution in [0.15, 0.2) is 0 Å². The smallest absolute Gasteiger partial charge is 0.229 e. The zero-order valence-electron chi connectivity index (χ0n) is 11.5. The molecule has 0 atom stereocenters. The second kappa shape index (κ2) is 8.14. The van der Waals surface area contributed by atoms with E-state index in [9.17, 15) is 30.4 Å². The van der Waals surface area contributed by atoms with Crippen molar-refractivity contribution in [3.05, 3.63) is 0 Å². The predicted octanol–water partition coefficient (Wildman–Crippen LogP) is 4.35. The number of alkyl halides is 5. The highest BCUT2D eigenvalue weighted by Crippen LogP contribution is 2.38. The van der Waals surface area contributed by atoms with Crippen molar-refractivity contribution >= 4 is 9.84 Å². The van der Waals surface area contributed by atoms with Crippen molar-refractivity contribution in [3.63, 3.8) is 0 Å². The van der Waals surface area contributed by atoms with Crippen molar-refractivity contribution in [2.75, 3.05) is 11.5 Å². The van der Waals surface area contributed by atoms with E-state index < -0.39 is 40.5 Å². The molecule has 0 N–H and O–H groups in total. The molecule has 0 aromatic rings. The van der Waals surface area contributed by atoms with Gasteiger partial charge in [0.25, 0.3) is 0 Å². The minimum absolute atomic E-state index is 0.145. The molecule has 0 aromatic carbocycles. The standard InChI is InChI=1S/C12H21F5O2S/c1-2-3-4-5-6-9-20(18,19)10-7-8-11(13,14)12(15,16)17/h2-10H2,1H3. The lowest BCUT2D eigenvalue weighted by molar-refractivity contribution is -0.284. The summed E-state index contributed by atoms with van der Waals surface area (Å²) in [7, 11) is -3.54. The monoisotopic (exact) mass is 324 g/mol. The largest absolute Gasteiger partial charge is 0.453 e. The minimum atomic E-state index is -5.61. The molecule has 0 fully saturated rings. The summed E-state index contributed by atoms with van der Waals surface area (Å²) >= 11 is 0. The third kappa shape index (κ3) is 8.01. The van der Waals surface area contributed by atoms with Crippen LogP contribution in [-0.2, 0) is 9.84 Å². The lowest BCUT2D eigenvalue weighted by Crippen LogP contribution is -2.36. The van der Waals surface area contributed by atoms with Crippen LogP contribution in [0.2, 0.25) is 0 Å². The summed E-state index contributed by atoms with van der Waals surface area (Å²) < 4.78 is 83.7. The molecular weight excluding hydrogens is 303 g/mol. The molecule has 122 valence electrons. The second-order valence-corrected chi connectivity index (χ2v) is 7.18. The highest BCUT2D eigenvalue weighted by atomic mass is 32.2. The zero-order chi connectivity index (χ0) is 15.9. The van der Waals surface area contributed by atoms with Gasteiger partial charge < -0.3 is 0 Å². The Hall–Kier alpha value is -0.400. The van der Waals surface area contributed by atoms with Crippen molar-refractivity contribution < 1.29 is 30.4 Å². The van der Waals surface area contributed by atoms with Crippen LogP contribution < -0.4 is 0 Å². The van der Waals surface area contributed by atoms with Crippen molar-refractivity contribution in [2.24, 2.45) is 0 Å². The summed E-state index contributed by atoms with van der Waals surface area (Å²) in [5, 5.41) is 0. The Morgan fingerprint density at radius 3 is 1.80 bits per heavy atom. The Balaban J connectivity index is 4.00. The van der Waals surface area contributed by atoms with Crippen molar-refractivity contribution in [1.29, 1.82) is 0 Å². The van der Waals surface area contributed by atoms with Crippen LogP contribution in [0.3, 0.4) is 0 Å². The summed E-state index contributed by atoms with van der Waals surface area (Å²) in [5.41, 5.74) is 0. The lowest BCUT2D eigenvalue weighted by Gasteiger charge is -2.19. The summed E-state index contributed by atoms with van der Waals surface area (Å²) in [5.74, 6) is -5.58. The molecule has 0 saturated heterocycles. The van der Waals surface area contributed by atoms with Gasteiger partial charge in [0.1, 0.15) is 9.84 Å². The van der Waals surface area contributed by atoms with Crippen LogP contribution in [0.4, 0.5) is 22.0 Å². The van der Waals surface area contributed by atoms with Gasteiger partial charge in [-0.25, -0.2) is 8.42 Å². The Bertz CT molecular complexity index is 363. The molecule has 8 heteroatoms. The number of hydrogen-bond donors (Lipinski definition) is 0. The first-order chi connectivity index (χ1) is 9.02. The Kier molecular flexibility index (Phi) is 7.98. The van der Waals surface area contributed by atoms with Gasteiger partial charge in [-0.05, 0) is 12.8 Å². The van der Waals surface area contributed by atoms with Gasteiger partial charge >= 0.3 is 12.1 Å². The topological polar surface area (TPSA) is 34.1 Å². The van der Waals surface area contributed by atoms with Crippen LogP contribution in [0, 0.1) is 0 Å². The molecule has 0 aliphatic rings. The number of hydrogen-bond acceptors (Lipinski definition) is 2. The highest BCUT2D eigenvalue weighted by molar-refractivity contribution is 7.91. The quantitative estimate of drug-likeness (QED) is 0.442. The Labute approximate surface area is 116 Å². The number of unbranched alkanes of at least 4 members (excludes halogenated alkanes) is 4. The fourth-order valence-corrected chi connectivity index (χ4v) is 3.12. The third-order valence-corrected chi connectivity index (χ3v) is 4.74. The first kappa shape index (κ1) is 19.6. The van der Waals surface area contributed by atoms with E-state index in [-0.39, 0.29) is 5.75 Å². The average Bonchev–Trinajstić information content (AvgIpc) is 2.26. The fourth-order valence-electron chi connectivity index (χ4n) is 1.68. The van der Waals surface area contributed by atoms with E-state index in [1.807, 2.05) is 6.92 Å². The molecule has 0 heterocycles. The molecule has 0 bridgehead atoms. The Morgan fingerprint density at radius 1 is 0.800 bits per heavy atom. The molecule has 2 nitrogen and oxygen atoms in total. The maximum absolute atomic E-state index is 12.6. The molecule has 0 unspecified atom stereocenters. The van der Waals surface area contributed by atoms with Crippen LogP contribution in [-0.4, -0.2) is 32.0 Å². The van der Waals surface area contributed by atoms with Gasteiger partial charge in [-0.3, -0.25) is 0 Å². The van der Waals surface area contributed by atoms with Crippen molar-refractivity contribution in [1.82, 2.24) is 0 Å². The van der Waals surface area contributed by atoms with E-state index in [0.717, 1.165) is 25.7 Å². The van der Waals surface area contributed by atoms with Crippen LogP contribution in [0.5, 0.6) is 0 Å². The van der Waals surface area contributed by atoms with Crippen molar-refractivity contribution in [2.45, 2.75) is 64.0 Å². The summed E-state index contributed by atoms with van der Waals surface area (Å²) in [6.45, 7) is 2.01. The molecule has 0 radical (unpaired) electrons. The van der Waals surface area contributed by atoms with Gasteiger partial charge in [0, 0.05) is 6.42 Å². The zero-order valence-corrected chi connectivity index (χ0v) is 12.3. The van der Waals surface area contributed by atoms with Crippen molar-refractivity contribution in [3.8, 4) is 0 Å². The van der Waals surface area contributed by atoms with Crippen LogP contribution in [0.25, 0.3) is 0 Å². The van der Waals surface area contributed by atoms with Crippen LogP contribution >= 0.6 is 0 Å². The van der Waals surface area contributed by atoms with E-state index >= 15 is 0 Å². The van der Waals surface area contributed by atoms with Gasteiger partial charge in [0.2, 0.25) is 0 Å². The van der Waals surface area contributed by atoms with Crippen LogP contribution in [0.1, 0.15) is 51.9 Å². The average molecular weight is 324 g/mol. The molecule has 0 saturated carbocycles. The first-order valence-electron chi connectivity index (χ1n) is 6.67. The number of halogens is 5. The normalized spacial score (nSPS) is 13.7. The molecule has 0 aliphatic heterocycles. The van der Waals surface area contributed by atoms with Gasteiger partial charge in [-0.15, -0.1) is 0 Å². The fraction of sp³-hybridized carbons (Fsp3) is 1.00. The third-order valence-electron chi connectivity index (χ3n) is 2.92. The van der Waals surface area contributed by atoms with E-state index in [4.69, 9.17) is 0 Å². The first-order valence-corrected chi connectivity index (χ1v) is 8.49. The van der Waals surface area contributed by atoms with E-state index in [1.165, 1.54) is 0 Å². The van der Waals surface area contributed by atoms with Gasteiger partial charge in [0.15, 0.2) is 0 Å². The number of rotatable bonds is 10. The van der Waals surface area contributed by atoms with Gasteiger partial charge in [0.05, 0.1) is 11.5 Å². The maximum Gasteiger partial charge on any atom is 0.453 e. The number of sulfone groups is 1. The van der Waals surface area contributed by atoms with E-state index in [0.29, 0.717) is 6.42 Å². The van der Waals surface area contributed by atoms with E-state index in [2.05, 4.69) is 0 Å². The Morgan fingerprint density at radius 2 is 1.30 bits per heavy atom. The SMILES string of the molecule is CCCCCCCS(=O)(=O)CCCC(F)(F)C(F)(F)F. The highest BCUT2D eigenvalue weighted by Gasteiger charge is 2.56. The molecule has 0 spiro atoms. The molecular formula is C12H21F5O2S. The summed E-state index contributed by atoms with van der Waals surface area (Å²) in [6, 6.07) is 0. The second-order valence-electron chi connectivity index (χ2n) is 4.87. The summed E-state index contributed by atoms with van der Waals surface area (Å²) in [6.07, 6.45) is -3.70. The summed E-state index contributed by atoms with van der Waals surface area (Å²) in [4.78, 5) is 0. The van der Waals surface area contributed by atoms with Gasteiger partial charge in [-0.1, -0.05) is 32.6 Å². The molecule has 20 heavy (non-hydrogen) atoms. The predicted molar refractivity (Wildman–Crippen MR) is 67.6 cm³/mol. The molecule has 0 rings (SSSR count). The van der Waals surface area contributed by atoms with Gasteiger partial charge in [-0.2, -0.15) is 22.0 Å². The molecule has 0 aliphatic carbocycles. The maximum atomic E-state index is 12.6. The molecule has 0 amide bonds. The minimum Gasteiger partial charge on any atom is -0.229 e. The molecule has 0 aromatic heterocycles. The van der Waals surface area contributed by atoms with E-state index in [1.54, 1.807) is 0 Å². The lowest BCUT2D eigenvalue weighted by atomic mass is 10.2.